The molecule has 2 aliphatic heterocycles. The van der Waals surface area contributed by atoms with Gasteiger partial charge in [-0.3, -0.25) is 4.90 Å². The highest BCUT2D eigenvalue weighted by atomic mass is 35.5. The molecule has 0 amide bonds. The summed E-state index contributed by atoms with van der Waals surface area (Å²) in [6.45, 7) is 4.99. The van der Waals surface area contributed by atoms with E-state index in [-0.39, 0.29) is 6.10 Å². The summed E-state index contributed by atoms with van der Waals surface area (Å²) in [4.78, 5) is 8.56. The van der Waals surface area contributed by atoms with Crippen molar-refractivity contribution in [2.24, 2.45) is 0 Å². The fraction of sp³-hybridized carbons (Fsp3) is 0.550. The third-order valence-electron chi connectivity index (χ3n) is 5.58. The summed E-state index contributed by atoms with van der Waals surface area (Å²) >= 11 is 8.06. The van der Waals surface area contributed by atoms with Gasteiger partial charge in [0.15, 0.2) is 0 Å². The molecule has 26 heavy (non-hydrogen) atoms. The molecule has 0 aliphatic carbocycles. The Morgan fingerprint density at radius 3 is 3.15 bits per heavy atom. The number of rotatable bonds is 3. The quantitative estimate of drug-likeness (QED) is 0.769. The van der Waals surface area contributed by atoms with Gasteiger partial charge in [-0.2, -0.15) is 0 Å². The Kier molecular flexibility index (Phi) is 5.50. The summed E-state index contributed by atoms with van der Waals surface area (Å²) in [7, 11) is 1.66. The van der Waals surface area contributed by atoms with Crippen LogP contribution in [0.15, 0.2) is 24.3 Å². The van der Waals surface area contributed by atoms with Gasteiger partial charge in [-0.15, -0.1) is 11.3 Å². The minimum absolute atomic E-state index is 0.282. The van der Waals surface area contributed by atoms with Crippen LogP contribution in [0.3, 0.4) is 0 Å². The molecule has 4 rings (SSSR count). The van der Waals surface area contributed by atoms with E-state index in [0.29, 0.717) is 17.8 Å². The Bertz CT molecular complexity index is 766. The highest BCUT2D eigenvalue weighted by Crippen LogP contribution is 2.42. The molecular weight excluding hydrogens is 368 g/mol. The number of hydrogen-bond donors (Lipinski definition) is 0. The molecule has 140 valence electrons. The second-order valence-corrected chi connectivity index (χ2v) is 8.94. The summed E-state index contributed by atoms with van der Waals surface area (Å²) in [6.07, 6.45) is 3.41. The zero-order chi connectivity index (χ0) is 18.1. The summed E-state index contributed by atoms with van der Waals surface area (Å²) < 4.78 is 12.4. The van der Waals surface area contributed by atoms with E-state index in [1.54, 1.807) is 18.4 Å². The predicted molar refractivity (Wildman–Crippen MR) is 105 cm³/mol. The summed E-state index contributed by atoms with van der Waals surface area (Å²) in [6, 6.07) is 8.57. The van der Waals surface area contributed by atoms with Crippen molar-refractivity contribution >= 4 is 22.9 Å². The smallest absolute Gasteiger partial charge is 0.213 e. The molecule has 0 aromatic carbocycles. The van der Waals surface area contributed by atoms with Gasteiger partial charge in [0.25, 0.3) is 0 Å². The van der Waals surface area contributed by atoms with E-state index in [1.807, 2.05) is 12.1 Å². The highest BCUT2D eigenvalue weighted by molar-refractivity contribution is 7.16. The lowest BCUT2D eigenvalue weighted by Gasteiger charge is -2.27. The van der Waals surface area contributed by atoms with Crippen molar-refractivity contribution in [1.82, 2.24) is 9.88 Å². The van der Waals surface area contributed by atoms with Crippen LogP contribution in [0.4, 0.5) is 0 Å². The first-order valence-corrected chi connectivity index (χ1v) is 10.5. The normalized spacial score (nSPS) is 26.5. The Balaban J connectivity index is 1.53. The second kappa shape index (κ2) is 7.85. The molecule has 4 nitrogen and oxygen atoms in total. The fourth-order valence-electron chi connectivity index (χ4n) is 4.18. The molecule has 0 saturated carbocycles. The monoisotopic (exact) mass is 392 g/mol. The maximum absolute atomic E-state index is 6.32. The van der Waals surface area contributed by atoms with Crippen molar-refractivity contribution in [1.29, 1.82) is 0 Å². The lowest BCUT2D eigenvalue weighted by molar-refractivity contribution is 0.0305. The topological polar surface area (TPSA) is 34.6 Å². The molecule has 2 aromatic rings. The van der Waals surface area contributed by atoms with Crippen molar-refractivity contribution < 1.29 is 9.47 Å². The summed E-state index contributed by atoms with van der Waals surface area (Å²) in [5.41, 5.74) is 2.45. The third-order valence-corrected chi connectivity index (χ3v) is 7.02. The molecule has 2 aliphatic rings. The SMILES string of the molecule is COc1cccc(CN2CCC3c4sc(Cl)cc4CCO[C@H]3C[C@@H]2C)n1. The standard InChI is InChI=1S/C20H25ClN2O2S/c1-13-10-17-16(20-14(7-9-25-17)11-18(21)26-20)6-8-23(13)12-15-4-3-5-19(22-15)24-2/h3-5,11,13,16-17H,6-10,12H2,1-2H3/t13-,16?,17-/m0/s1. The average Bonchev–Trinajstić information content (AvgIpc) is 2.84. The molecule has 2 aromatic heterocycles. The fourth-order valence-corrected chi connectivity index (χ4v) is 5.69. The first-order valence-electron chi connectivity index (χ1n) is 9.27. The minimum atomic E-state index is 0.282. The second-order valence-electron chi connectivity index (χ2n) is 7.22. The van der Waals surface area contributed by atoms with Crippen LogP contribution in [0.2, 0.25) is 4.34 Å². The van der Waals surface area contributed by atoms with Gasteiger partial charge in [0.05, 0.1) is 29.9 Å². The van der Waals surface area contributed by atoms with Gasteiger partial charge in [0.2, 0.25) is 5.88 Å². The highest BCUT2D eigenvalue weighted by Gasteiger charge is 2.35. The van der Waals surface area contributed by atoms with Gasteiger partial charge < -0.3 is 9.47 Å². The zero-order valence-corrected chi connectivity index (χ0v) is 16.9. The van der Waals surface area contributed by atoms with Gasteiger partial charge in [0, 0.05) is 29.4 Å². The van der Waals surface area contributed by atoms with Gasteiger partial charge in [-0.25, -0.2) is 4.98 Å². The zero-order valence-electron chi connectivity index (χ0n) is 15.3. The van der Waals surface area contributed by atoms with Crippen molar-refractivity contribution in [2.75, 3.05) is 20.3 Å². The third kappa shape index (κ3) is 3.77. The van der Waals surface area contributed by atoms with Crippen LogP contribution in [-0.4, -0.2) is 42.3 Å². The Morgan fingerprint density at radius 1 is 1.42 bits per heavy atom. The van der Waals surface area contributed by atoms with Crippen molar-refractivity contribution in [3.63, 3.8) is 0 Å². The molecule has 4 heterocycles. The lowest BCUT2D eigenvalue weighted by atomic mass is 9.92. The minimum Gasteiger partial charge on any atom is -0.481 e. The van der Waals surface area contributed by atoms with E-state index in [0.717, 1.165) is 49.0 Å². The van der Waals surface area contributed by atoms with Crippen LogP contribution in [0.5, 0.6) is 5.88 Å². The summed E-state index contributed by atoms with van der Waals surface area (Å²) in [5, 5.41) is 0. The molecule has 1 fully saturated rings. The number of hydrogen-bond acceptors (Lipinski definition) is 5. The van der Waals surface area contributed by atoms with Gasteiger partial charge >= 0.3 is 0 Å². The molecule has 0 radical (unpaired) electrons. The molecule has 3 atom stereocenters. The number of fused-ring (bicyclic) bond motifs is 3. The van der Waals surface area contributed by atoms with Gasteiger partial charge in [0.1, 0.15) is 0 Å². The van der Waals surface area contributed by atoms with Crippen LogP contribution in [-0.2, 0) is 17.7 Å². The van der Waals surface area contributed by atoms with E-state index in [2.05, 4.69) is 28.9 Å². The number of thiophene rings is 1. The van der Waals surface area contributed by atoms with Crippen LogP contribution in [0.1, 0.15) is 41.8 Å². The van der Waals surface area contributed by atoms with Crippen molar-refractivity contribution in [2.45, 2.75) is 50.8 Å². The summed E-state index contributed by atoms with van der Waals surface area (Å²) in [5.74, 6) is 1.13. The number of aromatic nitrogens is 1. The molecule has 0 bridgehead atoms. The number of likely N-dealkylation sites (tertiary alicyclic amines) is 1. The van der Waals surface area contributed by atoms with Crippen molar-refractivity contribution in [3.8, 4) is 5.88 Å². The molecule has 0 spiro atoms. The largest absolute Gasteiger partial charge is 0.481 e. The van der Waals surface area contributed by atoms with Crippen LogP contribution >= 0.6 is 22.9 Å². The molecule has 1 unspecified atom stereocenters. The number of nitrogens with zero attached hydrogens (tertiary/aromatic N) is 2. The number of pyridine rings is 1. The van der Waals surface area contributed by atoms with Crippen LogP contribution in [0.25, 0.3) is 0 Å². The van der Waals surface area contributed by atoms with E-state index in [1.165, 1.54) is 10.4 Å². The van der Waals surface area contributed by atoms with Gasteiger partial charge in [-0.05, 0) is 50.4 Å². The Labute approximate surface area is 164 Å². The number of ether oxygens (including phenoxy) is 2. The Morgan fingerprint density at radius 2 is 2.31 bits per heavy atom. The Hall–Kier alpha value is -1.14. The first kappa shape index (κ1) is 18.2. The maximum atomic E-state index is 6.32. The average molecular weight is 393 g/mol. The van der Waals surface area contributed by atoms with Crippen molar-refractivity contribution in [3.05, 3.63) is 44.7 Å². The first-order chi connectivity index (χ1) is 12.6. The maximum Gasteiger partial charge on any atom is 0.213 e. The number of halogens is 1. The predicted octanol–water partition coefficient (Wildman–Crippen LogP) is 4.51. The van der Waals surface area contributed by atoms with E-state index < -0.39 is 0 Å². The van der Waals surface area contributed by atoms with E-state index >= 15 is 0 Å². The molecule has 0 N–H and O–H groups in total. The number of methoxy groups -OCH3 is 1. The lowest BCUT2D eigenvalue weighted by Crippen LogP contribution is -2.34. The van der Waals surface area contributed by atoms with E-state index in [4.69, 9.17) is 21.1 Å². The van der Waals surface area contributed by atoms with Crippen LogP contribution in [0, 0.1) is 0 Å². The molecular formula is C20H25ClN2O2S. The van der Waals surface area contributed by atoms with Crippen LogP contribution < -0.4 is 4.74 Å². The molecule has 6 heteroatoms. The van der Waals surface area contributed by atoms with Gasteiger partial charge in [-0.1, -0.05) is 17.7 Å². The van der Waals surface area contributed by atoms with E-state index in [9.17, 15) is 0 Å². The molecule has 1 saturated heterocycles.